The van der Waals surface area contributed by atoms with Gasteiger partial charge in [-0.05, 0) is 62.4 Å². The lowest BCUT2D eigenvalue weighted by Crippen LogP contribution is -2.28. The van der Waals surface area contributed by atoms with Gasteiger partial charge in [0.1, 0.15) is 11.6 Å². The minimum absolute atomic E-state index is 0. The van der Waals surface area contributed by atoms with Gasteiger partial charge in [0, 0.05) is 6.04 Å². The second-order valence-corrected chi connectivity index (χ2v) is 5.63. The van der Waals surface area contributed by atoms with Crippen LogP contribution in [0.1, 0.15) is 47.5 Å². The monoisotopic (exact) mass is 316 g/mol. The third-order valence-corrected chi connectivity index (χ3v) is 4.02. The maximum Gasteiger partial charge on any atom is 0.254 e. The molecule has 1 saturated carbocycles. The molecule has 1 amide bonds. The summed E-state index contributed by atoms with van der Waals surface area (Å²) in [6.07, 6.45) is 3.43. The number of nitrogens with one attached hydrogen (secondary N) is 2. The van der Waals surface area contributed by atoms with Crippen molar-refractivity contribution in [3.63, 3.8) is 0 Å². The molecule has 0 atom stereocenters. The molecule has 0 spiro atoms. The van der Waals surface area contributed by atoms with E-state index >= 15 is 0 Å². The van der Waals surface area contributed by atoms with Crippen LogP contribution in [0.15, 0.2) is 12.1 Å². The molecule has 1 aliphatic carbocycles. The van der Waals surface area contributed by atoms with E-state index in [2.05, 4.69) is 10.6 Å². The first-order chi connectivity index (χ1) is 9.65. The largest absolute Gasteiger partial charge is 0.349 e. The molecule has 0 radical (unpaired) electrons. The number of rotatable bonds is 3. The Morgan fingerprint density at radius 1 is 1.10 bits per heavy atom. The number of benzene rings is 1. The van der Waals surface area contributed by atoms with E-state index < -0.39 is 17.5 Å². The topological polar surface area (TPSA) is 41.1 Å². The Kier molecular flexibility index (Phi) is 5.17. The molecule has 2 N–H and O–H groups in total. The molecule has 1 saturated heterocycles. The molecule has 21 heavy (non-hydrogen) atoms. The van der Waals surface area contributed by atoms with Gasteiger partial charge in [-0.25, -0.2) is 8.78 Å². The molecule has 1 aromatic carbocycles. The highest BCUT2D eigenvalue weighted by Gasteiger charge is 2.27. The molecule has 0 unspecified atom stereocenters. The summed E-state index contributed by atoms with van der Waals surface area (Å²) in [5.41, 5.74) is 0.207. The molecule has 0 bridgehead atoms. The van der Waals surface area contributed by atoms with Crippen LogP contribution in [0.4, 0.5) is 8.78 Å². The number of piperidine rings is 1. The fourth-order valence-electron chi connectivity index (χ4n) is 2.67. The zero-order valence-corrected chi connectivity index (χ0v) is 12.4. The Balaban J connectivity index is 0.00000161. The number of amides is 1. The molecule has 3 nitrogen and oxygen atoms in total. The second-order valence-electron chi connectivity index (χ2n) is 5.63. The summed E-state index contributed by atoms with van der Waals surface area (Å²) in [6, 6.07) is 2.38. The fraction of sp³-hybridized carbons (Fsp3) is 0.533. The normalized spacial score (nSPS) is 19.0. The predicted octanol–water partition coefficient (Wildman–Crippen LogP) is 2.75. The van der Waals surface area contributed by atoms with Crippen LogP contribution in [0.25, 0.3) is 0 Å². The minimum Gasteiger partial charge on any atom is -0.349 e. The van der Waals surface area contributed by atoms with Crippen LogP contribution in [0.3, 0.4) is 0 Å². The van der Waals surface area contributed by atoms with Crippen molar-refractivity contribution in [1.29, 1.82) is 0 Å². The van der Waals surface area contributed by atoms with Crippen LogP contribution in [0.5, 0.6) is 0 Å². The number of carbonyl (C=O) groups is 1. The Morgan fingerprint density at radius 3 is 2.38 bits per heavy atom. The third kappa shape index (κ3) is 3.71. The van der Waals surface area contributed by atoms with Gasteiger partial charge < -0.3 is 10.6 Å². The van der Waals surface area contributed by atoms with Gasteiger partial charge >= 0.3 is 0 Å². The maximum atomic E-state index is 14.2. The molecular formula is C15H19ClF2N2O. The van der Waals surface area contributed by atoms with Crippen molar-refractivity contribution in [2.45, 2.75) is 37.6 Å². The van der Waals surface area contributed by atoms with E-state index in [1.807, 2.05) is 0 Å². The smallest absolute Gasteiger partial charge is 0.254 e. The third-order valence-electron chi connectivity index (χ3n) is 4.02. The van der Waals surface area contributed by atoms with Crippen LogP contribution in [-0.4, -0.2) is 25.0 Å². The van der Waals surface area contributed by atoms with Crippen LogP contribution in [-0.2, 0) is 0 Å². The lowest BCUT2D eigenvalue weighted by molar-refractivity contribution is 0.0946. The van der Waals surface area contributed by atoms with Gasteiger partial charge in [-0.2, -0.15) is 0 Å². The van der Waals surface area contributed by atoms with Gasteiger partial charge in [-0.15, -0.1) is 12.4 Å². The Bertz CT molecular complexity index is 529. The predicted molar refractivity (Wildman–Crippen MR) is 78.9 cm³/mol. The Morgan fingerprint density at radius 2 is 1.76 bits per heavy atom. The van der Waals surface area contributed by atoms with Crippen molar-refractivity contribution < 1.29 is 13.6 Å². The molecule has 3 rings (SSSR count). The average Bonchev–Trinajstić information content (AvgIpc) is 3.25. The van der Waals surface area contributed by atoms with E-state index in [1.54, 1.807) is 0 Å². The van der Waals surface area contributed by atoms with E-state index in [0.29, 0.717) is 5.56 Å². The van der Waals surface area contributed by atoms with Gasteiger partial charge in [0.05, 0.1) is 5.56 Å². The van der Waals surface area contributed by atoms with Gasteiger partial charge in [-0.3, -0.25) is 4.79 Å². The zero-order chi connectivity index (χ0) is 14.1. The minimum atomic E-state index is -0.627. The summed E-state index contributed by atoms with van der Waals surface area (Å²) >= 11 is 0. The van der Waals surface area contributed by atoms with Gasteiger partial charge in [-0.1, -0.05) is 0 Å². The summed E-state index contributed by atoms with van der Waals surface area (Å²) in [6.45, 7) is 1.63. The second kappa shape index (κ2) is 6.71. The molecule has 2 aliphatic rings. The highest BCUT2D eigenvalue weighted by molar-refractivity contribution is 5.95. The van der Waals surface area contributed by atoms with Crippen LogP contribution in [0.2, 0.25) is 0 Å². The molecule has 2 fully saturated rings. The molecular weight excluding hydrogens is 298 g/mol. The Hall–Kier alpha value is -1.20. The molecule has 116 valence electrons. The van der Waals surface area contributed by atoms with Crippen molar-refractivity contribution in [3.05, 3.63) is 34.9 Å². The first-order valence-corrected chi connectivity index (χ1v) is 7.15. The fourth-order valence-corrected chi connectivity index (χ4v) is 2.67. The Labute approximate surface area is 128 Å². The molecule has 6 heteroatoms. The van der Waals surface area contributed by atoms with Gasteiger partial charge in [0.2, 0.25) is 0 Å². The first kappa shape index (κ1) is 16.2. The number of carbonyl (C=O) groups excluding carboxylic acids is 1. The van der Waals surface area contributed by atoms with E-state index in [-0.39, 0.29) is 29.9 Å². The summed E-state index contributed by atoms with van der Waals surface area (Å²) in [4.78, 5) is 11.8. The van der Waals surface area contributed by atoms with E-state index in [4.69, 9.17) is 0 Å². The summed E-state index contributed by atoms with van der Waals surface area (Å²) in [5, 5.41) is 5.88. The molecule has 1 heterocycles. The summed E-state index contributed by atoms with van der Waals surface area (Å²) in [5.74, 6) is -1.58. The number of hydrogen-bond acceptors (Lipinski definition) is 2. The van der Waals surface area contributed by atoms with Crippen LogP contribution >= 0.6 is 12.4 Å². The van der Waals surface area contributed by atoms with Crippen molar-refractivity contribution in [1.82, 2.24) is 10.6 Å². The SMILES string of the molecule is Cl.O=C(NC1CC1)c1cc(F)c(C2CCNCC2)cc1F. The molecule has 1 aliphatic heterocycles. The van der Waals surface area contributed by atoms with Crippen LogP contribution in [0, 0.1) is 11.6 Å². The summed E-state index contributed by atoms with van der Waals surface area (Å²) in [7, 11) is 0. The van der Waals surface area contributed by atoms with Crippen molar-refractivity contribution in [2.24, 2.45) is 0 Å². The first-order valence-electron chi connectivity index (χ1n) is 7.15. The average molecular weight is 317 g/mol. The lowest BCUT2D eigenvalue weighted by Gasteiger charge is -2.23. The van der Waals surface area contributed by atoms with Crippen molar-refractivity contribution >= 4 is 18.3 Å². The van der Waals surface area contributed by atoms with E-state index in [0.717, 1.165) is 44.8 Å². The number of hydrogen-bond donors (Lipinski definition) is 2. The van der Waals surface area contributed by atoms with Crippen LogP contribution < -0.4 is 10.6 Å². The highest BCUT2D eigenvalue weighted by atomic mass is 35.5. The van der Waals surface area contributed by atoms with Gasteiger partial charge in [0.15, 0.2) is 0 Å². The van der Waals surface area contributed by atoms with Crippen molar-refractivity contribution in [3.8, 4) is 0 Å². The summed E-state index contributed by atoms with van der Waals surface area (Å²) < 4.78 is 28.2. The van der Waals surface area contributed by atoms with Crippen molar-refractivity contribution in [2.75, 3.05) is 13.1 Å². The zero-order valence-electron chi connectivity index (χ0n) is 11.6. The molecule has 1 aromatic rings. The van der Waals surface area contributed by atoms with Gasteiger partial charge in [0.25, 0.3) is 5.91 Å². The maximum absolute atomic E-state index is 14.2. The van der Waals surface area contributed by atoms with E-state index in [1.165, 1.54) is 6.07 Å². The highest BCUT2D eigenvalue weighted by Crippen LogP contribution is 2.29. The van der Waals surface area contributed by atoms with E-state index in [9.17, 15) is 13.6 Å². The number of halogens is 3. The molecule has 0 aromatic heterocycles. The lowest BCUT2D eigenvalue weighted by atomic mass is 9.89. The quantitative estimate of drug-likeness (QED) is 0.900. The standard InChI is InChI=1S/C15H18F2N2O.ClH/c16-13-8-12(15(20)19-10-1-2-10)14(17)7-11(13)9-3-5-18-6-4-9;/h7-10,18H,1-6H2,(H,19,20);1H.